The molecule has 0 spiro atoms. The molecule has 0 fully saturated rings. The van der Waals surface area contributed by atoms with Crippen LogP contribution < -0.4 is 10.6 Å². The van der Waals surface area contributed by atoms with Gasteiger partial charge in [0, 0.05) is 29.1 Å². The third-order valence-electron chi connectivity index (χ3n) is 3.06. The van der Waals surface area contributed by atoms with Gasteiger partial charge in [0.15, 0.2) is 0 Å². The summed E-state index contributed by atoms with van der Waals surface area (Å²) in [4.78, 5) is 12.2. The SMILES string of the molecule is O=C(Nc1ccc(SC(F)F)cc1)N[C@@H]1C=C[C@H](CO)C1. The lowest BCUT2D eigenvalue weighted by Gasteiger charge is -2.13. The average molecular weight is 314 g/mol. The molecule has 2 atom stereocenters. The molecule has 0 bridgehead atoms. The van der Waals surface area contributed by atoms with Gasteiger partial charge in [-0.15, -0.1) is 0 Å². The summed E-state index contributed by atoms with van der Waals surface area (Å²) in [5.41, 5.74) is 0.534. The highest BCUT2D eigenvalue weighted by molar-refractivity contribution is 7.99. The van der Waals surface area contributed by atoms with Crippen molar-refractivity contribution in [2.45, 2.75) is 23.1 Å². The molecule has 1 aromatic rings. The Morgan fingerprint density at radius 2 is 2.05 bits per heavy atom. The number of halogens is 2. The van der Waals surface area contributed by atoms with E-state index in [1.807, 2.05) is 12.2 Å². The molecular formula is C14H16F2N2O2S. The van der Waals surface area contributed by atoms with Gasteiger partial charge in [0.05, 0.1) is 0 Å². The number of alkyl halides is 2. The summed E-state index contributed by atoms with van der Waals surface area (Å²) in [6.07, 6.45) is 4.40. The van der Waals surface area contributed by atoms with Crippen LogP contribution in [0.5, 0.6) is 0 Å². The van der Waals surface area contributed by atoms with Gasteiger partial charge in [-0.1, -0.05) is 23.9 Å². The van der Waals surface area contributed by atoms with E-state index >= 15 is 0 Å². The predicted octanol–water partition coefficient (Wildman–Crippen LogP) is 3.06. The summed E-state index contributed by atoms with van der Waals surface area (Å²) in [5.74, 6) is -2.37. The molecule has 1 aliphatic carbocycles. The fourth-order valence-electron chi connectivity index (χ4n) is 2.07. The van der Waals surface area contributed by atoms with Gasteiger partial charge < -0.3 is 15.7 Å². The van der Waals surface area contributed by atoms with Crippen LogP contribution >= 0.6 is 11.8 Å². The lowest BCUT2D eigenvalue weighted by molar-refractivity contribution is 0.238. The van der Waals surface area contributed by atoms with Crippen LogP contribution in [0.25, 0.3) is 0 Å². The van der Waals surface area contributed by atoms with Gasteiger partial charge in [0.1, 0.15) is 0 Å². The number of hydrogen-bond donors (Lipinski definition) is 3. The molecule has 4 nitrogen and oxygen atoms in total. The third-order valence-corrected chi connectivity index (χ3v) is 3.78. The lowest BCUT2D eigenvalue weighted by Crippen LogP contribution is -2.36. The van der Waals surface area contributed by atoms with E-state index in [0.717, 1.165) is 0 Å². The number of urea groups is 1. The number of rotatable bonds is 5. The van der Waals surface area contributed by atoms with E-state index in [-0.39, 0.29) is 24.6 Å². The zero-order chi connectivity index (χ0) is 15.2. The van der Waals surface area contributed by atoms with Crippen molar-refractivity contribution in [3.63, 3.8) is 0 Å². The van der Waals surface area contributed by atoms with E-state index in [2.05, 4.69) is 10.6 Å². The predicted molar refractivity (Wildman–Crippen MR) is 78.6 cm³/mol. The van der Waals surface area contributed by atoms with Crippen molar-refractivity contribution in [1.29, 1.82) is 0 Å². The summed E-state index contributed by atoms with van der Waals surface area (Å²) in [7, 11) is 0. The van der Waals surface area contributed by atoms with Gasteiger partial charge in [-0.3, -0.25) is 0 Å². The van der Waals surface area contributed by atoms with Crippen molar-refractivity contribution < 1.29 is 18.7 Å². The first kappa shape index (κ1) is 15.8. The summed E-state index contributed by atoms with van der Waals surface area (Å²) in [5, 5.41) is 14.4. The maximum atomic E-state index is 12.2. The number of anilines is 1. The molecule has 0 unspecified atom stereocenters. The molecule has 21 heavy (non-hydrogen) atoms. The lowest BCUT2D eigenvalue weighted by atomic mass is 10.1. The zero-order valence-corrected chi connectivity index (χ0v) is 11.9. The van der Waals surface area contributed by atoms with E-state index in [1.54, 1.807) is 12.1 Å². The van der Waals surface area contributed by atoms with Crippen LogP contribution in [-0.4, -0.2) is 29.5 Å². The molecule has 2 rings (SSSR count). The van der Waals surface area contributed by atoms with E-state index in [4.69, 9.17) is 5.11 Å². The van der Waals surface area contributed by atoms with Crippen LogP contribution in [0.4, 0.5) is 19.3 Å². The van der Waals surface area contributed by atoms with Crippen molar-refractivity contribution in [3.05, 3.63) is 36.4 Å². The highest BCUT2D eigenvalue weighted by atomic mass is 32.2. The first-order chi connectivity index (χ1) is 10.1. The number of nitrogens with one attached hydrogen (secondary N) is 2. The number of hydrogen-bond acceptors (Lipinski definition) is 3. The Bertz CT molecular complexity index is 508. The van der Waals surface area contributed by atoms with Crippen LogP contribution in [0.3, 0.4) is 0 Å². The number of carbonyl (C=O) groups excluding carboxylic acids is 1. The summed E-state index contributed by atoms with van der Waals surface area (Å²) >= 11 is 0.460. The molecule has 0 radical (unpaired) electrons. The fraction of sp³-hybridized carbons (Fsp3) is 0.357. The minimum Gasteiger partial charge on any atom is -0.396 e. The Hall–Kier alpha value is -1.60. The van der Waals surface area contributed by atoms with Crippen LogP contribution in [-0.2, 0) is 0 Å². The third kappa shape index (κ3) is 5.02. The molecule has 0 aromatic heterocycles. The Morgan fingerprint density at radius 3 is 2.62 bits per heavy atom. The van der Waals surface area contributed by atoms with Crippen molar-refractivity contribution in [2.24, 2.45) is 5.92 Å². The van der Waals surface area contributed by atoms with Gasteiger partial charge in [0.25, 0.3) is 5.76 Å². The van der Waals surface area contributed by atoms with Gasteiger partial charge in [-0.05, 0) is 30.7 Å². The first-order valence-electron chi connectivity index (χ1n) is 6.48. The minimum absolute atomic E-state index is 0.0690. The molecule has 0 saturated heterocycles. The monoisotopic (exact) mass is 314 g/mol. The fourth-order valence-corrected chi connectivity index (χ4v) is 2.57. The smallest absolute Gasteiger partial charge is 0.319 e. The molecule has 0 aliphatic heterocycles. The molecule has 0 heterocycles. The maximum absolute atomic E-state index is 12.2. The van der Waals surface area contributed by atoms with Gasteiger partial charge in [-0.2, -0.15) is 8.78 Å². The van der Waals surface area contributed by atoms with E-state index in [1.165, 1.54) is 12.1 Å². The molecule has 0 saturated carbocycles. The van der Waals surface area contributed by atoms with E-state index in [0.29, 0.717) is 28.8 Å². The van der Waals surface area contributed by atoms with E-state index in [9.17, 15) is 13.6 Å². The zero-order valence-electron chi connectivity index (χ0n) is 11.1. The molecule has 2 amide bonds. The Labute approximate surface area is 125 Å². The molecule has 1 aliphatic rings. The summed E-state index contributed by atoms with van der Waals surface area (Å²) < 4.78 is 24.4. The second-order valence-corrected chi connectivity index (χ2v) is 5.73. The van der Waals surface area contributed by atoms with Crippen molar-refractivity contribution in [2.75, 3.05) is 11.9 Å². The number of carbonyl (C=O) groups is 1. The quantitative estimate of drug-likeness (QED) is 0.578. The molecule has 1 aromatic carbocycles. The Morgan fingerprint density at radius 1 is 1.33 bits per heavy atom. The standard InChI is InChI=1S/C14H16F2N2O2S/c15-13(16)21-12-5-3-10(4-6-12)17-14(20)18-11-2-1-9(7-11)8-19/h1-6,9,11,13,19H,7-8H2,(H2,17,18,20)/t9-,11+/m0/s1. The minimum atomic E-state index is -2.46. The van der Waals surface area contributed by atoms with Crippen molar-refractivity contribution >= 4 is 23.5 Å². The van der Waals surface area contributed by atoms with Crippen LogP contribution in [0.1, 0.15) is 6.42 Å². The number of aliphatic hydroxyl groups excluding tert-OH is 1. The highest BCUT2D eigenvalue weighted by Crippen LogP contribution is 2.26. The molecule has 3 N–H and O–H groups in total. The molecular weight excluding hydrogens is 298 g/mol. The van der Waals surface area contributed by atoms with Crippen molar-refractivity contribution in [3.8, 4) is 0 Å². The van der Waals surface area contributed by atoms with Gasteiger partial charge in [-0.25, -0.2) is 4.79 Å². The first-order valence-corrected chi connectivity index (χ1v) is 7.36. The summed E-state index contributed by atoms with van der Waals surface area (Å²) in [6.45, 7) is 0.0690. The van der Waals surface area contributed by atoms with Crippen LogP contribution in [0.2, 0.25) is 0 Å². The second kappa shape index (κ2) is 7.42. The Balaban J connectivity index is 1.81. The van der Waals surface area contributed by atoms with Crippen LogP contribution in [0, 0.1) is 5.92 Å². The Kier molecular flexibility index (Phi) is 5.58. The number of amides is 2. The number of aliphatic hydroxyl groups is 1. The summed E-state index contributed by atoms with van der Waals surface area (Å²) in [6, 6.07) is 5.75. The van der Waals surface area contributed by atoms with Gasteiger partial charge >= 0.3 is 6.03 Å². The second-order valence-electron chi connectivity index (χ2n) is 4.67. The average Bonchev–Trinajstić information content (AvgIpc) is 2.88. The highest BCUT2D eigenvalue weighted by Gasteiger charge is 2.19. The van der Waals surface area contributed by atoms with Crippen LogP contribution in [0.15, 0.2) is 41.3 Å². The number of benzene rings is 1. The maximum Gasteiger partial charge on any atom is 0.319 e. The largest absolute Gasteiger partial charge is 0.396 e. The molecule has 114 valence electrons. The van der Waals surface area contributed by atoms with Crippen molar-refractivity contribution in [1.82, 2.24) is 5.32 Å². The van der Waals surface area contributed by atoms with Gasteiger partial charge in [0.2, 0.25) is 0 Å². The van der Waals surface area contributed by atoms with E-state index < -0.39 is 5.76 Å². The topological polar surface area (TPSA) is 61.4 Å². The number of thioether (sulfide) groups is 1. The molecule has 7 heteroatoms. The normalized spacial score (nSPS) is 20.8.